The van der Waals surface area contributed by atoms with E-state index in [2.05, 4.69) is 0 Å². The van der Waals surface area contributed by atoms with Crippen LogP contribution >= 0.6 is 0 Å². The van der Waals surface area contributed by atoms with Crippen molar-refractivity contribution in [1.29, 1.82) is 0 Å². The van der Waals surface area contributed by atoms with Crippen LogP contribution in [0.15, 0.2) is 24.3 Å². The van der Waals surface area contributed by atoms with Crippen molar-refractivity contribution >= 4 is 5.78 Å². The third-order valence-corrected chi connectivity index (χ3v) is 2.80. The molecule has 0 unspecified atom stereocenters. The van der Waals surface area contributed by atoms with Gasteiger partial charge >= 0.3 is 0 Å². The van der Waals surface area contributed by atoms with E-state index in [0.29, 0.717) is 19.6 Å². The van der Waals surface area contributed by atoms with E-state index in [-0.39, 0.29) is 17.0 Å². The summed E-state index contributed by atoms with van der Waals surface area (Å²) in [5.41, 5.74) is 0.782. The minimum absolute atomic E-state index is 0.141. The highest BCUT2D eigenvalue weighted by Gasteiger charge is 2.41. The first kappa shape index (κ1) is 10.3. The van der Waals surface area contributed by atoms with Crippen LogP contribution in [-0.4, -0.2) is 19.0 Å². The molecule has 1 heterocycles. The van der Waals surface area contributed by atoms with E-state index in [9.17, 15) is 9.18 Å². The predicted molar refractivity (Wildman–Crippen MR) is 54.2 cm³/mol. The van der Waals surface area contributed by atoms with Crippen molar-refractivity contribution in [1.82, 2.24) is 0 Å². The summed E-state index contributed by atoms with van der Waals surface area (Å²) in [6.45, 7) is 2.68. The van der Waals surface area contributed by atoms with E-state index in [1.165, 1.54) is 12.1 Å². The van der Waals surface area contributed by atoms with Crippen LogP contribution in [0.25, 0.3) is 0 Å². The quantitative estimate of drug-likeness (QED) is 0.760. The van der Waals surface area contributed by atoms with Gasteiger partial charge in [-0.25, -0.2) is 4.39 Å². The first-order valence-corrected chi connectivity index (χ1v) is 4.96. The maximum absolute atomic E-state index is 12.8. The molecule has 80 valence electrons. The van der Waals surface area contributed by atoms with Crippen molar-refractivity contribution < 1.29 is 13.9 Å². The third-order valence-electron chi connectivity index (χ3n) is 2.80. The highest BCUT2D eigenvalue weighted by atomic mass is 19.1. The second-order valence-corrected chi connectivity index (χ2v) is 4.16. The van der Waals surface area contributed by atoms with Crippen LogP contribution in [0.1, 0.15) is 18.9 Å². The van der Waals surface area contributed by atoms with Gasteiger partial charge in [0.2, 0.25) is 0 Å². The molecule has 0 amide bonds. The summed E-state index contributed by atoms with van der Waals surface area (Å²) in [6, 6.07) is 6.33. The first-order valence-electron chi connectivity index (χ1n) is 4.96. The van der Waals surface area contributed by atoms with Crippen molar-refractivity contribution in [2.24, 2.45) is 0 Å². The largest absolute Gasteiger partial charge is 0.379 e. The molecular formula is C12H13FO2. The predicted octanol–water partition coefficient (Wildman–Crippen LogP) is 2.07. The average Bonchev–Trinajstić information content (AvgIpc) is 2.13. The van der Waals surface area contributed by atoms with Crippen molar-refractivity contribution in [2.75, 3.05) is 13.2 Å². The average molecular weight is 208 g/mol. The summed E-state index contributed by atoms with van der Waals surface area (Å²) < 4.78 is 17.9. The lowest BCUT2D eigenvalue weighted by atomic mass is 9.75. The summed E-state index contributed by atoms with van der Waals surface area (Å²) in [4.78, 5) is 11.2. The number of carbonyl (C=O) groups is 1. The fourth-order valence-corrected chi connectivity index (χ4v) is 2.00. The molecule has 3 heteroatoms. The Morgan fingerprint density at radius 2 is 2.00 bits per heavy atom. The van der Waals surface area contributed by atoms with Crippen LogP contribution in [0.3, 0.4) is 0 Å². The van der Waals surface area contributed by atoms with Crippen LogP contribution in [0.5, 0.6) is 0 Å². The van der Waals surface area contributed by atoms with Crippen LogP contribution in [0.2, 0.25) is 0 Å². The summed E-state index contributed by atoms with van der Waals surface area (Å²) in [5.74, 6) is -0.111. The molecule has 1 aliphatic rings. The lowest BCUT2D eigenvalue weighted by Gasteiger charge is -2.41. The minimum Gasteiger partial charge on any atom is -0.379 e. The highest BCUT2D eigenvalue weighted by molar-refractivity contribution is 5.77. The van der Waals surface area contributed by atoms with Gasteiger partial charge in [0.25, 0.3) is 0 Å². The second-order valence-electron chi connectivity index (χ2n) is 4.16. The SMILES string of the molecule is CC(=O)CC1(c2ccc(F)cc2)COC1. The molecule has 1 aliphatic heterocycles. The first-order chi connectivity index (χ1) is 7.12. The Bertz CT molecular complexity index is 366. The second kappa shape index (κ2) is 3.74. The molecule has 0 radical (unpaired) electrons. The number of hydrogen-bond donors (Lipinski definition) is 0. The number of halogens is 1. The van der Waals surface area contributed by atoms with Gasteiger partial charge in [0.15, 0.2) is 0 Å². The number of ketones is 1. The molecular weight excluding hydrogens is 195 g/mol. The minimum atomic E-state index is -0.253. The molecule has 1 saturated heterocycles. The van der Waals surface area contributed by atoms with Crippen molar-refractivity contribution in [2.45, 2.75) is 18.8 Å². The number of rotatable bonds is 3. The molecule has 0 aliphatic carbocycles. The fourth-order valence-electron chi connectivity index (χ4n) is 2.00. The van der Waals surface area contributed by atoms with E-state index < -0.39 is 0 Å². The number of hydrogen-bond acceptors (Lipinski definition) is 2. The van der Waals surface area contributed by atoms with Crippen LogP contribution in [-0.2, 0) is 14.9 Å². The molecule has 1 fully saturated rings. The molecule has 0 aromatic heterocycles. The van der Waals surface area contributed by atoms with Crippen molar-refractivity contribution in [3.8, 4) is 0 Å². The highest BCUT2D eigenvalue weighted by Crippen LogP contribution is 2.35. The Labute approximate surface area is 88.1 Å². The van der Waals surface area contributed by atoms with Crippen molar-refractivity contribution in [3.05, 3.63) is 35.6 Å². The zero-order valence-corrected chi connectivity index (χ0v) is 8.63. The molecule has 1 aromatic carbocycles. The summed E-state index contributed by atoms with van der Waals surface area (Å²) in [5, 5.41) is 0. The summed E-state index contributed by atoms with van der Waals surface area (Å²) in [7, 11) is 0. The van der Waals surface area contributed by atoms with E-state index >= 15 is 0 Å². The van der Waals surface area contributed by atoms with Gasteiger partial charge < -0.3 is 4.74 Å². The van der Waals surface area contributed by atoms with Crippen LogP contribution in [0.4, 0.5) is 4.39 Å². The maximum Gasteiger partial charge on any atom is 0.130 e. The Kier molecular flexibility index (Phi) is 2.57. The Balaban J connectivity index is 2.26. The Hall–Kier alpha value is -1.22. The van der Waals surface area contributed by atoms with Gasteiger partial charge in [0, 0.05) is 11.8 Å². The maximum atomic E-state index is 12.8. The van der Waals surface area contributed by atoms with Gasteiger partial charge in [-0.2, -0.15) is 0 Å². The standard InChI is InChI=1S/C12H13FO2/c1-9(14)6-12(7-15-8-12)10-2-4-11(13)5-3-10/h2-5H,6-8H2,1H3. The Morgan fingerprint density at radius 3 is 2.40 bits per heavy atom. The summed E-state index contributed by atoms with van der Waals surface area (Å²) >= 11 is 0. The zero-order valence-electron chi connectivity index (χ0n) is 8.63. The van der Waals surface area contributed by atoms with Gasteiger partial charge in [-0.15, -0.1) is 0 Å². The van der Waals surface area contributed by atoms with Crippen LogP contribution in [0, 0.1) is 5.82 Å². The lowest BCUT2D eigenvalue weighted by molar-refractivity contribution is -0.125. The topological polar surface area (TPSA) is 26.3 Å². The molecule has 0 atom stereocenters. The third kappa shape index (κ3) is 1.92. The lowest BCUT2D eigenvalue weighted by Crippen LogP contribution is -2.47. The molecule has 0 N–H and O–H groups in total. The van der Waals surface area contributed by atoms with Gasteiger partial charge in [0.1, 0.15) is 11.6 Å². The number of Topliss-reactive ketones (excluding diaryl/α,β-unsaturated/α-hetero) is 1. The summed E-state index contributed by atoms with van der Waals surface area (Å²) in [6.07, 6.45) is 0.471. The van der Waals surface area contributed by atoms with Crippen molar-refractivity contribution in [3.63, 3.8) is 0 Å². The molecule has 2 rings (SSSR count). The number of carbonyl (C=O) groups excluding carboxylic acids is 1. The Morgan fingerprint density at radius 1 is 1.40 bits per heavy atom. The van der Waals surface area contributed by atoms with Gasteiger partial charge in [-0.3, -0.25) is 4.79 Å². The molecule has 0 bridgehead atoms. The van der Waals surface area contributed by atoms with E-state index in [1.54, 1.807) is 19.1 Å². The molecule has 2 nitrogen and oxygen atoms in total. The van der Waals surface area contributed by atoms with E-state index in [4.69, 9.17) is 4.74 Å². The normalized spacial score (nSPS) is 18.3. The van der Waals surface area contributed by atoms with Crippen LogP contribution < -0.4 is 0 Å². The molecule has 15 heavy (non-hydrogen) atoms. The fraction of sp³-hybridized carbons (Fsp3) is 0.417. The van der Waals surface area contributed by atoms with E-state index in [0.717, 1.165) is 5.56 Å². The van der Waals surface area contributed by atoms with E-state index in [1.807, 2.05) is 0 Å². The smallest absolute Gasteiger partial charge is 0.130 e. The van der Waals surface area contributed by atoms with Gasteiger partial charge in [-0.1, -0.05) is 12.1 Å². The molecule has 0 spiro atoms. The zero-order chi connectivity index (χ0) is 10.9. The monoisotopic (exact) mass is 208 g/mol. The molecule has 0 saturated carbocycles. The number of benzene rings is 1. The number of ether oxygens (including phenoxy) is 1. The van der Waals surface area contributed by atoms with Gasteiger partial charge in [0.05, 0.1) is 13.2 Å². The van der Waals surface area contributed by atoms with Gasteiger partial charge in [-0.05, 0) is 24.6 Å². The molecule has 1 aromatic rings.